The van der Waals surface area contributed by atoms with Gasteiger partial charge in [-0.3, -0.25) is 4.79 Å². The predicted octanol–water partition coefficient (Wildman–Crippen LogP) is 4.45. The van der Waals surface area contributed by atoms with Crippen molar-refractivity contribution in [3.05, 3.63) is 52.4 Å². The second-order valence-corrected chi connectivity index (χ2v) is 6.17. The number of ether oxygens (including phenoxy) is 4. The van der Waals surface area contributed by atoms with E-state index in [9.17, 15) is 4.79 Å². The lowest BCUT2D eigenvalue weighted by Crippen LogP contribution is -2.07. The van der Waals surface area contributed by atoms with Gasteiger partial charge in [-0.15, -0.1) is 0 Å². The second-order valence-electron chi connectivity index (χ2n) is 6.17. The van der Waals surface area contributed by atoms with E-state index in [0.29, 0.717) is 59.5 Å². The summed E-state index contributed by atoms with van der Waals surface area (Å²) in [5, 5.41) is 0.438. The van der Waals surface area contributed by atoms with Gasteiger partial charge >= 0.3 is 0 Å². The molecule has 0 spiro atoms. The summed E-state index contributed by atoms with van der Waals surface area (Å²) in [6, 6.07) is 10.4. The van der Waals surface area contributed by atoms with Crippen LogP contribution in [0.25, 0.3) is 11.0 Å². The highest BCUT2D eigenvalue weighted by Gasteiger charge is 2.17. The zero-order valence-corrected chi connectivity index (χ0v) is 15.2. The molecule has 1 aliphatic heterocycles. The molecular weight excluding hydrogens is 348 g/mol. The van der Waals surface area contributed by atoms with Crippen LogP contribution in [0.5, 0.6) is 28.7 Å². The summed E-state index contributed by atoms with van der Waals surface area (Å²) in [5.74, 6) is 2.97. The molecule has 2 aromatic carbocycles. The Morgan fingerprint density at radius 1 is 1.00 bits per heavy atom. The smallest absolute Gasteiger partial charge is 0.235 e. The molecule has 0 aliphatic carbocycles. The van der Waals surface area contributed by atoms with E-state index in [-0.39, 0.29) is 11.2 Å². The monoisotopic (exact) mass is 368 g/mol. The zero-order valence-electron chi connectivity index (χ0n) is 15.2. The van der Waals surface area contributed by atoms with Gasteiger partial charge in [0.05, 0.1) is 25.2 Å². The molecule has 0 amide bonds. The van der Waals surface area contributed by atoms with Crippen LogP contribution in [0.2, 0.25) is 0 Å². The fourth-order valence-corrected chi connectivity index (χ4v) is 2.97. The van der Waals surface area contributed by atoms with Crippen molar-refractivity contribution in [2.45, 2.75) is 20.3 Å². The van der Waals surface area contributed by atoms with E-state index >= 15 is 0 Å². The minimum Gasteiger partial charge on any atom is -0.494 e. The molecule has 1 aromatic heterocycles. The largest absolute Gasteiger partial charge is 0.494 e. The third-order valence-electron chi connectivity index (χ3n) is 4.24. The van der Waals surface area contributed by atoms with Crippen LogP contribution >= 0.6 is 0 Å². The highest BCUT2D eigenvalue weighted by Crippen LogP contribution is 2.35. The number of rotatable bonds is 4. The summed E-state index contributed by atoms with van der Waals surface area (Å²) in [6.07, 6.45) is 0.821. The van der Waals surface area contributed by atoms with Crippen LogP contribution in [0.3, 0.4) is 0 Å². The Morgan fingerprint density at radius 2 is 1.78 bits per heavy atom. The summed E-state index contributed by atoms with van der Waals surface area (Å²) in [4.78, 5) is 12.9. The zero-order chi connectivity index (χ0) is 18.8. The van der Waals surface area contributed by atoms with Crippen molar-refractivity contribution in [2.24, 2.45) is 0 Å². The first kappa shape index (κ1) is 17.3. The number of hydrogen-bond donors (Lipinski definition) is 0. The SMILES string of the molecule is CCOc1ccc2c(=O)c(Oc3ccc4c(c3)OCCCO4)c(C)oc2c1. The molecule has 0 bridgehead atoms. The molecule has 6 heteroatoms. The molecule has 27 heavy (non-hydrogen) atoms. The number of benzene rings is 2. The maximum absolute atomic E-state index is 12.9. The van der Waals surface area contributed by atoms with Crippen molar-refractivity contribution in [3.8, 4) is 28.7 Å². The van der Waals surface area contributed by atoms with Crippen LogP contribution < -0.4 is 24.4 Å². The molecule has 140 valence electrons. The van der Waals surface area contributed by atoms with E-state index < -0.39 is 0 Å². The van der Waals surface area contributed by atoms with Crippen molar-refractivity contribution in [1.82, 2.24) is 0 Å². The van der Waals surface area contributed by atoms with Gasteiger partial charge in [0, 0.05) is 18.6 Å². The van der Waals surface area contributed by atoms with Crippen LogP contribution in [0.1, 0.15) is 19.1 Å². The third-order valence-corrected chi connectivity index (χ3v) is 4.24. The standard InChI is InChI=1S/C21H20O6/c1-3-23-14-5-7-16-18(11-14)26-13(2)21(20(16)22)27-15-6-8-17-19(12-15)25-10-4-9-24-17/h5-8,11-12H,3-4,9-10H2,1-2H3. The fourth-order valence-electron chi connectivity index (χ4n) is 2.97. The minimum absolute atomic E-state index is 0.154. The van der Waals surface area contributed by atoms with Crippen LogP contribution in [-0.4, -0.2) is 19.8 Å². The predicted molar refractivity (Wildman–Crippen MR) is 101 cm³/mol. The molecule has 0 saturated carbocycles. The number of fused-ring (bicyclic) bond motifs is 2. The maximum Gasteiger partial charge on any atom is 0.235 e. The van der Waals surface area contributed by atoms with Gasteiger partial charge in [0.15, 0.2) is 11.5 Å². The average molecular weight is 368 g/mol. The molecule has 0 unspecified atom stereocenters. The first-order valence-corrected chi connectivity index (χ1v) is 8.93. The second kappa shape index (κ2) is 7.23. The number of hydrogen-bond acceptors (Lipinski definition) is 6. The normalized spacial score (nSPS) is 13.3. The Labute approximate surface area is 156 Å². The topological polar surface area (TPSA) is 67.1 Å². The molecule has 0 atom stereocenters. The molecule has 2 heterocycles. The third kappa shape index (κ3) is 3.43. The molecule has 6 nitrogen and oxygen atoms in total. The molecule has 4 rings (SSSR count). The van der Waals surface area contributed by atoms with Gasteiger partial charge in [0.1, 0.15) is 22.8 Å². The van der Waals surface area contributed by atoms with Gasteiger partial charge in [0.2, 0.25) is 11.2 Å². The van der Waals surface area contributed by atoms with Crippen molar-refractivity contribution in [3.63, 3.8) is 0 Å². The Hall–Kier alpha value is -3.15. The minimum atomic E-state index is -0.232. The lowest BCUT2D eigenvalue weighted by atomic mass is 10.2. The van der Waals surface area contributed by atoms with Gasteiger partial charge < -0.3 is 23.4 Å². The first-order chi connectivity index (χ1) is 13.2. The van der Waals surface area contributed by atoms with E-state index in [1.807, 2.05) is 6.92 Å². The Balaban J connectivity index is 1.71. The molecule has 0 N–H and O–H groups in total. The first-order valence-electron chi connectivity index (χ1n) is 8.93. The summed E-state index contributed by atoms with van der Waals surface area (Å²) in [7, 11) is 0. The van der Waals surface area contributed by atoms with Crippen LogP contribution in [0.15, 0.2) is 45.6 Å². The highest BCUT2D eigenvalue weighted by atomic mass is 16.5. The summed E-state index contributed by atoms with van der Waals surface area (Å²) in [5.41, 5.74) is 0.235. The lowest BCUT2D eigenvalue weighted by Gasteiger charge is -2.12. The Bertz CT molecular complexity index is 1040. The number of aryl methyl sites for hydroxylation is 1. The summed E-state index contributed by atoms with van der Waals surface area (Å²) < 4.78 is 28.4. The van der Waals surface area contributed by atoms with Crippen LogP contribution in [0.4, 0.5) is 0 Å². The fraction of sp³-hybridized carbons (Fsp3) is 0.286. The molecule has 0 saturated heterocycles. The summed E-state index contributed by atoms with van der Waals surface area (Å²) in [6.45, 7) is 5.34. The van der Waals surface area contributed by atoms with E-state index in [2.05, 4.69) is 0 Å². The van der Waals surface area contributed by atoms with Gasteiger partial charge in [-0.2, -0.15) is 0 Å². The van der Waals surface area contributed by atoms with Crippen LogP contribution in [0, 0.1) is 6.92 Å². The van der Waals surface area contributed by atoms with E-state index in [1.54, 1.807) is 43.3 Å². The van der Waals surface area contributed by atoms with Crippen LogP contribution in [-0.2, 0) is 0 Å². The van der Waals surface area contributed by atoms with Gasteiger partial charge in [-0.05, 0) is 38.1 Å². The Kier molecular flexibility index (Phi) is 4.62. The van der Waals surface area contributed by atoms with Gasteiger partial charge in [-0.1, -0.05) is 0 Å². The average Bonchev–Trinajstić information content (AvgIpc) is 2.90. The van der Waals surface area contributed by atoms with Crippen molar-refractivity contribution < 1.29 is 23.4 Å². The lowest BCUT2D eigenvalue weighted by molar-refractivity contribution is 0.296. The van der Waals surface area contributed by atoms with E-state index in [0.717, 1.165) is 6.42 Å². The molecular formula is C21H20O6. The van der Waals surface area contributed by atoms with Crippen molar-refractivity contribution in [1.29, 1.82) is 0 Å². The summed E-state index contributed by atoms with van der Waals surface area (Å²) >= 11 is 0. The Morgan fingerprint density at radius 3 is 2.59 bits per heavy atom. The highest BCUT2D eigenvalue weighted by molar-refractivity contribution is 5.79. The molecule has 1 aliphatic rings. The molecule has 0 fully saturated rings. The maximum atomic E-state index is 12.9. The van der Waals surface area contributed by atoms with Crippen molar-refractivity contribution in [2.75, 3.05) is 19.8 Å². The molecule has 3 aromatic rings. The van der Waals surface area contributed by atoms with E-state index in [1.165, 1.54) is 0 Å². The van der Waals surface area contributed by atoms with Gasteiger partial charge in [0.25, 0.3) is 0 Å². The van der Waals surface area contributed by atoms with Gasteiger partial charge in [-0.25, -0.2) is 0 Å². The molecule has 0 radical (unpaired) electrons. The quantitative estimate of drug-likeness (QED) is 0.678. The van der Waals surface area contributed by atoms with E-state index in [4.69, 9.17) is 23.4 Å². The van der Waals surface area contributed by atoms with Crippen molar-refractivity contribution >= 4 is 11.0 Å².